The summed E-state index contributed by atoms with van der Waals surface area (Å²) in [7, 11) is 0. The zero-order valence-corrected chi connectivity index (χ0v) is 30.2. The Morgan fingerprint density at radius 3 is 1.54 bits per heavy atom. The third kappa shape index (κ3) is 5.21. The first-order valence-electron chi connectivity index (χ1n) is 18.8. The summed E-state index contributed by atoms with van der Waals surface area (Å²) in [5.41, 5.74) is 12.4. The summed E-state index contributed by atoms with van der Waals surface area (Å²) in [6.45, 7) is 0. The lowest BCUT2D eigenvalue weighted by molar-refractivity contribution is 0.669. The van der Waals surface area contributed by atoms with E-state index in [-0.39, 0.29) is 0 Å². The maximum Gasteiger partial charge on any atom is 0.164 e. The van der Waals surface area contributed by atoms with E-state index in [1.807, 2.05) is 60.7 Å². The van der Waals surface area contributed by atoms with Crippen LogP contribution in [0.3, 0.4) is 0 Å². The molecule has 0 atom stereocenters. The number of para-hydroxylation sites is 2. The second-order valence-corrected chi connectivity index (χ2v) is 14.0. The number of rotatable bonds is 6. The smallest absolute Gasteiger partial charge is 0.164 e. The maximum atomic E-state index is 6.66. The number of aromatic nitrogens is 4. The van der Waals surface area contributed by atoms with Crippen molar-refractivity contribution >= 4 is 43.7 Å². The lowest BCUT2D eigenvalue weighted by atomic mass is 9.90. The molecule has 0 spiro atoms. The average Bonchev–Trinajstić information content (AvgIpc) is 3.83. The molecule has 5 nitrogen and oxygen atoms in total. The Balaban J connectivity index is 1.08. The van der Waals surface area contributed by atoms with Crippen LogP contribution in [0, 0.1) is 0 Å². The normalized spacial score (nSPS) is 11.6. The Morgan fingerprint density at radius 2 is 0.857 bits per heavy atom. The van der Waals surface area contributed by atoms with Gasteiger partial charge in [-0.2, -0.15) is 0 Å². The van der Waals surface area contributed by atoms with E-state index in [9.17, 15) is 0 Å². The number of hydrogen-bond donors (Lipinski definition) is 0. The molecule has 5 heteroatoms. The first kappa shape index (κ1) is 31.9. The molecule has 0 aliphatic rings. The van der Waals surface area contributed by atoms with E-state index in [4.69, 9.17) is 19.4 Å². The van der Waals surface area contributed by atoms with Crippen molar-refractivity contribution in [2.24, 2.45) is 0 Å². The molecule has 0 N–H and O–H groups in total. The molecule has 8 aromatic carbocycles. The number of benzene rings is 8. The molecule has 0 bridgehead atoms. The first-order chi connectivity index (χ1) is 27.8. The monoisotopic (exact) mass is 716 g/mol. The van der Waals surface area contributed by atoms with Gasteiger partial charge < -0.3 is 8.98 Å². The highest BCUT2D eigenvalue weighted by atomic mass is 16.3. The predicted molar refractivity (Wildman–Crippen MR) is 229 cm³/mol. The van der Waals surface area contributed by atoms with Gasteiger partial charge in [0.1, 0.15) is 11.2 Å². The molecule has 0 fully saturated rings. The molecule has 11 rings (SSSR count). The Morgan fingerprint density at radius 1 is 0.339 bits per heavy atom. The molecule has 0 amide bonds. The highest BCUT2D eigenvalue weighted by Gasteiger charge is 2.21. The molecule has 0 saturated carbocycles. The quantitative estimate of drug-likeness (QED) is 0.172. The van der Waals surface area contributed by atoms with Crippen LogP contribution >= 0.6 is 0 Å². The van der Waals surface area contributed by atoms with Gasteiger partial charge in [0, 0.05) is 43.9 Å². The first-order valence-corrected chi connectivity index (χ1v) is 18.8. The molecule has 0 aliphatic heterocycles. The minimum Gasteiger partial charge on any atom is -0.456 e. The van der Waals surface area contributed by atoms with Gasteiger partial charge in [0.2, 0.25) is 0 Å². The van der Waals surface area contributed by atoms with Gasteiger partial charge in [-0.1, -0.05) is 152 Å². The van der Waals surface area contributed by atoms with Gasteiger partial charge >= 0.3 is 0 Å². The van der Waals surface area contributed by atoms with Crippen LogP contribution in [0.15, 0.2) is 199 Å². The van der Waals surface area contributed by atoms with Crippen LogP contribution in [0.5, 0.6) is 0 Å². The molecule has 0 saturated heterocycles. The van der Waals surface area contributed by atoms with E-state index in [0.29, 0.717) is 17.5 Å². The summed E-state index contributed by atoms with van der Waals surface area (Å²) in [5.74, 6) is 1.84. The summed E-state index contributed by atoms with van der Waals surface area (Å²) in [4.78, 5) is 14.8. The molecular formula is C51H32N4O. The zero-order valence-electron chi connectivity index (χ0n) is 30.2. The second kappa shape index (κ2) is 13.0. The van der Waals surface area contributed by atoms with E-state index in [1.54, 1.807) is 0 Å². The topological polar surface area (TPSA) is 56.7 Å². The number of furan rings is 1. The molecule has 3 heterocycles. The van der Waals surface area contributed by atoms with Gasteiger partial charge in [0.25, 0.3) is 0 Å². The van der Waals surface area contributed by atoms with Crippen molar-refractivity contribution in [3.8, 4) is 62.1 Å². The van der Waals surface area contributed by atoms with Gasteiger partial charge in [-0.3, -0.25) is 0 Å². The fourth-order valence-corrected chi connectivity index (χ4v) is 8.18. The van der Waals surface area contributed by atoms with Gasteiger partial charge in [-0.05, 0) is 64.7 Å². The summed E-state index contributed by atoms with van der Waals surface area (Å²) < 4.78 is 9.03. The standard InChI is InChI=1S/C51H32N4O/c1-4-16-33(17-5-1)49-52-50(34-18-6-2-7-19-34)54-51(53-49)35-30-31-42-46(32-35)56-45-29-15-26-40(48(42)45)38-23-11-10-22-37(38)39-25-14-28-44-47(39)41-24-12-13-27-43(41)55(44)36-20-8-3-9-21-36/h1-32H. The molecule has 11 aromatic rings. The van der Waals surface area contributed by atoms with Crippen LogP contribution in [0.4, 0.5) is 0 Å². The third-order valence-electron chi connectivity index (χ3n) is 10.7. The van der Waals surface area contributed by atoms with Crippen molar-refractivity contribution in [1.29, 1.82) is 0 Å². The van der Waals surface area contributed by atoms with Crippen LogP contribution in [0.2, 0.25) is 0 Å². The van der Waals surface area contributed by atoms with E-state index in [2.05, 4.69) is 138 Å². The Kier molecular flexibility index (Phi) is 7.42. The van der Waals surface area contributed by atoms with Crippen molar-refractivity contribution in [2.75, 3.05) is 0 Å². The molecule has 56 heavy (non-hydrogen) atoms. The van der Waals surface area contributed by atoms with E-state index in [0.717, 1.165) is 55.4 Å². The molecule has 262 valence electrons. The summed E-state index contributed by atoms with van der Waals surface area (Å²) >= 11 is 0. The highest BCUT2D eigenvalue weighted by molar-refractivity contribution is 6.19. The van der Waals surface area contributed by atoms with Crippen molar-refractivity contribution in [2.45, 2.75) is 0 Å². The zero-order chi connectivity index (χ0) is 37.0. The number of hydrogen-bond acceptors (Lipinski definition) is 4. The average molecular weight is 717 g/mol. The number of fused-ring (bicyclic) bond motifs is 6. The summed E-state index contributed by atoms with van der Waals surface area (Å²) in [5, 5.41) is 4.57. The number of nitrogens with zero attached hydrogens (tertiary/aromatic N) is 4. The molecule has 0 unspecified atom stereocenters. The Hall–Kier alpha value is -7.63. The fraction of sp³-hybridized carbons (Fsp3) is 0. The molecule has 0 radical (unpaired) electrons. The second-order valence-electron chi connectivity index (χ2n) is 14.0. The van der Waals surface area contributed by atoms with Crippen LogP contribution in [-0.2, 0) is 0 Å². The Bertz CT molecular complexity index is 3180. The van der Waals surface area contributed by atoms with E-state index < -0.39 is 0 Å². The largest absolute Gasteiger partial charge is 0.456 e. The maximum absolute atomic E-state index is 6.66. The van der Waals surface area contributed by atoms with Crippen molar-refractivity contribution in [3.63, 3.8) is 0 Å². The lowest BCUT2D eigenvalue weighted by Gasteiger charge is -2.13. The van der Waals surface area contributed by atoms with Gasteiger partial charge in [0.05, 0.1) is 11.0 Å². The van der Waals surface area contributed by atoms with Crippen LogP contribution in [-0.4, -0.2) is 19.5 Å². The minimum absolute atomic E-state index is 0.591. The van der Waals surface area contributed by atoms with Crippen LogP contribution in [0.1, 0.15) is 0 Å². The molecule has 0 aliphatic carbocycles. The highest BCUT2D eigenvalue weighted by Crippen LogP contribution is 2.45. The molecule has 3 aromatic heterocycles. The fourth-order valence-electron chi connectivity index (χ4n) is 8.18. The van der Waals surface area contributed by atoms with E-state index >= 15 is 0 Å². The van der Waals surface area contributed by atoms with Crippen molar-refractivity contribution < 1.29 is 4.42 Å². The molecular weight excluding hydrogens is 685 g/mol. The van der Waals surface area contributed by atoms with Crippen molar-refractivity contribution in [1.82, 2.24) is 19.5 Å². The van der Waals surface area contributed by atoms with Gasteiger partial charge in [-0.25, -0.2) is 15.0 Å². The summed E-state index contributed by atoms with van der Waals surface area (Å²) in [6.07, 6.45) is 0. The van der Waals surface area contributed by atoms with Gasteiger partial charge in [-0.15, -0.1) is 0 Å². The summed E-state index contributed by atoms with van der Waals surface area (Å²) in [6, 6.07) is 67.5. The van der Waals surface area contributed by atoms with Crippen molar-refractivity contribution in [3.05, 3.63) is 194 Å². The SMILES string of the molecule is c1ccc(-c2nc(-c3ccccc3)nc(-c3ccc4c(c3)oc3cccc(-c5ccccc5-c5cccc6c5c5ccccc5n6-c5ccccc5)c34)n2)cc1. The van der Waals surface area contributed by atoms with Gasteiger partial charge in [0.15, 0.2) is 17.5 Å². The van der Waals surface area contributed by atoms with E-state index in [1.165, 1.54) is 32.9 Å². The van der Waals surface area contributed by atoms with Crippen LogP contribution < -0.4 is 0 Å². The predicted octanol–water partition coefficient (Wildman–Crippen LogP) is 13.2. The Labute approximate surface area is 322 Å². The minimum atomic E-state index is 0.591. The van der Waals surface area contributed by atoms with Crippen LogP contribution in [0.25, 0.3) is 106 Å². The lowest BCUT2D eigenvalue weighted by Crippen LogP contribution is -2.00. The third-order valence-corrected chi connectivity index (χ3v) is 10.7.